The van der Waals surface area contributed by atoms with Gasteiger partial charge in [-0.1, -0.05) is 42.0 Å². The molecule has 1 saturated heterocycles. The number of carbonyl (C=O) groups is 1. The SMILES string of the molecule is Cc1ccc(Cn2c(N(C)C3CCN(C(=O)OC(C)(C)C)CC3)nc3ccccc32)cc1. The number of imidazole rings is 1. The number of hydrogen-bond acceptors (Lipinski definition) is 4. The number of likely N-dealkylation sites (tertiary alicyclic amines) is 1. The Morgan fingerprint density at radius 3 is 2.41 bits per heavy atom. The van der Waals surface area contributed by atoms with E-state index in [0.29, 0.717) is 19.1 Å². The lowest BCUT2D eigenvalue weighted by Gasteiger charge is -2.37. The number of benzene rings is 2. The highest BCUT2D eigenvalue weighted by Crippen LogP contribution is 2.28. The Labute approximate surface area is 190 Å². The molecule has 6 nitrogen and oxygen atoms in total. The summed E-state index contributed by atoms with van der Waals surface area (Å²) >= 11 is 0. The van der Waals surface area contributed by atoms with Crippen LogP contribution in [-0.4, -0.2) is 52.3 Å². The van der Waals surface area contributed by atoms with Crippen molar-refractivity contribution in [1.82, 2.24) is 14.5 Å². The van der Waals surface area contributed by atoms with Gasteiger partial charge in [0.05, 0.1) is 17.6 Å². The fourth-order valence-corrected chi connectivity index (χ4v) is 4.29. The maximum Gasteiger partial charge on any atom is 0.410 e. The van der Waals surface area contributed by atoms with Gasteiger partial charge in [0.2, 0.25) is 5.95 Å². The molecule has 2 aromatic carbocycles. The molecule has 1 fully saturated rings. The third-order valence-electron chi connectivity index (χ3n) is 6.08. The maximum absolute atomic E-state index is 12.4. The van der Waals surface area contributed by atoms with Gasteiger partial charge >= 0.3 is 6.09 Å². The van der Waals surface area contributed by atoms with E-state index in [1.165, 1.54) is 11.1 Å². The van der Waals surface area contributed by atoms with Crippen molar-refractivity contribution in [3.8, 4) is 0 Å². The summed E-state index contributed by atoms with van der Waals surface area (Å²) < 4.78 is 7.85. The lowest BCUT2D eigenvalue weighted by atomic mass is 10.0. The highest BCUT2D eigenvalue weighted by atomic mass is 16.6. The number of nitrogens with zero attached hydrogens (tertiary/aromatic N) is 4. The molecule has 1 aliphatic rings. The first-order valence-electron chi connectivity index (χ1n) is 11.4. The molecular formula is C26H34N4O2. The molecule has 0 bridgehead atoms. The number of rotatable bonds is 4. The molecule has 1 amide bonds. The van der Waals surface area contributed by atoms with E-state index in [0.717, 1.165) is 36.4 Å². The predicted octanol–water partition coefficient (Wildman–Crippen LogP) is 5.23. The first-order valence-corrected chi connectivity index (χ1v) is 11.4. The molecule has 3 aromatic rings. The average molecular weight is 435 g/mol. The number of piperidine rings is 1. The van der Waals surface area contributed by atoms with Crippen LogP contribution in [0.2, 0.25) is 0 Å². The average Bonchev–Trinajstić information content (AvgIpc) is 3.12. The zero-order chi connectivity index (χ0) is 22.9. The topological polar surface area (TPSA) is 50.6 Å². The number of carbonyl (C=O) groups excluding carboxylic acids is 1. The first-order chi connectivity index (χ1) is 15.2. The third-order valence-corrected chi connectivity index (χ3v) is 6.08. The molecule has 0 atom stereocenters. The van der Waals surface area contributed by atoms with Gasteiger partial charge in [0.1, 0.15) is 5.60 Å². The Balaban J connectivity index is 1.53. The van der Waals surface area contributed by atoms with Crippen LogP contribution in [0.4, 0.5) is 10.7 Å². The highest BCUT2D eigenvalue weighted by Gasteiger charge is 2.30. The van der Waals surface area contributed by atoms with Crippen LogP contribution < -0.4 is 4.90 Å². The summed E-state index contributed by atoms with van der Waals surface area (Å²) in [6, 6.07) is 17.3. The standard InChI is InChI=1S/C26H34N4O2/c1-19-10-12-20(13-11-19)18-30-23-9-7-6-8-22(23)27-24(30)28(5)21-14-16-29(17-15-21)25(31)32-26(2,3)4/h6-13,21H,14-18H2,1-5H3. The van der Waals surface area contributed by atoms with Crippen LogP contribution in [-0.2, 0) is 11.3 Å². The van der Waals surface area contributed by atoms with Gasteiger partial charge in [-0.25, -0.2) is 9.78 Å². The van der Waals surface area contributed by atoms with Crippen molar-refractivity contribution in [3.63, 3.8) is 0 Å². The summed E-state index contributed by atoms with van der Waals surface area (Å²) in [7, 11) is 2.13. The molecule has 1 aliphatic heterocycles. The van der Waals surface area contributed by atoms with E-state index < -0.39 is 5.60 Å². The predicted molar refractivity (Wildman–Crippen MR) is 129 cm³/mol. The van der Waals surface area contributed by atoms with Gasteiger partial charge in [-0.05, 0) is 58.2 Å². The van der Waals surface area contributed by atoms with E-state index in [-0.39, 0.29) is 6.09 Å². The second-order valence-corrected chi connectivity index (χ2v) is 9.78. The van der Waals surface area contributed by atoms with Crippen molar-refractivity contribution < 1.29 is 9.53 Å². The van der Waals surface area contributed by atoms with Gasteiger partial charge in [-0.2, -0.15) is 0 Å². The van der Waals surface area contributed by atoms with Crippen molar-refractivity contribution in [2.75, 3.05) is 25.0 Å². The van der Waals surface area contributed by atoms with Gasteiger partial charge in [-0.15, -0.1) is 0 Å². The third kappa shape index (κ3) is 4.90. The summed E-state index contributed by atoms with van der Waals surface area (Å²) in [6.45, 7) is 10.00. The Hall–Kier alpha value is -3.02. The summed E-state index contributed by atoms with van der Waals surface area (Å²) in [5.41, 5.74) is 4.20. The molecule has 0 radical (unpaired) electrons. The molecule has 0 spiro atoms. The lowest BCUT2D eigenvalue weighted by molar-refractivity contribution is 0.0205. The molecule has 2 heterocycles. The minimum atomic E-state index is -0.467. The molecule has 170 valence electrons. The van der Waals surface area contributed by atoms with Crippen molar-refractivity contribution in [1.29, 1.82) is 0 Å². The molecule has 4 rings (SSSR count). The molecule has 0 unspecified atom stereocenters. The Bertz CT molecular complexity index is 1070. The summed E-state index contributed by atoms with van der Waals surface area (Å²) in [4.78, 5) is 21.5. The number of hydrogen-bond donors (Lipinski definition) is 0. The van der Waals surface area contributed by atoms with Gasteiger partial charge in [0.25, 0.3) is 0 Å². The van der Waals surface area contributed by atoms with Crippen LogP contribution in [0.1, 0.15) is 44.7 Å². The monoisotopic (exact) mass is 434 g/mol. The normalized spacial score (nSPS) is 15.2. The molecule has 1 aromatic heterocycles. The minimum Gasteiger partial charge on any atom is -0.444 e. The molecule has 0 saturated carbocycles. The Morgan fingerprint density at radius 1 is 1.09 bits per heavy atom. The van der Waals surface area contributed by atoms with Crippen molar-refractivity contribution >= 4 is 23.1 Å². The second kappa shape index (κ2) is 8.85. The van der Waals surface area contributed by atoms with Crippen molar-refractivity contribution in [3.05, 3.63) is 59.7 Å². The van der Waals surface area contributed by atoms with Crippen LogP contribution in [0.25, 0.3) is 11.0 Å². The van der Waals surface area contributed by atoms with E-state index in [2.05, 4.69) is 65.9 Å². The lowest BCUT2D eigenvalue weighted by Crippen LogP contribution is -2.47. The largest absolute Gasteiger partial charge is 0.444 e. The fourth-order valence-electron chi connectivity index (χ4n) is 4.29. The number of fused-ring (bicyclic) bond motifs is 1. The quantitative estimate of drug-likeness (QED) is 0.564. The van der Waals surface area contributed by atoms with Crippen molar-refractivity contribution in [2.45, 2.75) is 58.7 Å². The van der Waals surface area contributed by atoms with Crippen LogP contribution in [0, 0.1) is 6.92 Å². The highest BCUT2D eigenvalue weighted by molar-refractivity contribution is 5.79. The molecular weight excluding hydrogens is 400 g/mol. The number of para-hydroxylation sites is 2. The van der Waals surface area contributed by atoms with E-state index in [9.17, 15) is 4.79 Å². The summed E-state index contributed by atoms with van der Waals surface area (Å²) in [6.07, 6.45) is 1.57. The smallest absolute Gasteiger partial charge is 0.410 e. The maximum atomic E-state index is 12.4. The van der Waals surface area contributed by atoms with Gasteiger partial charge in [0.15, 0.2) is 0 Å². The number of anilines is 1. The summed E-state index contributed by atoms with van der Waals surface area (Å²) in [5, 5.41) is 0. The molecule has 32 heavy (non-hydrogen) atoms. The molecule has 6 heteroatoms. The number of ether oxygens (including phenoxy) is 1. The van der Waals surface area contributed by atoms with E-state index in [1.54, 1.807) is 0 Å². The Morgan fingerprint density at radius 2 is 1.75 bits per heavy atom. The molecule has 0 aliphatic carbocycles. The second-order valence-electron chi connectivity index (χ2n) is 9.78. The van der Waals surface area contributed by atoms with Crippen molar-refractivity contribution in [2.24, 2.45) is 0 Å². The number of aryl methyl sites for hydroxylation is 1. The van der Waals surface area contributed by atoms with Gasteiger partial charge < -0.3 is 19.1 Å². The van der Waals surface area contributed by atoms with Gasteiger partial charge in [0, 0.05) is 26.2 Å². The Kier molecular flexibility index (Phi) is 6.13. The van der Waals surface area contributed by atoms with Crippen LogP contribution in [0.3, 0.4) is 0 Å². The number of aromatic nitrogens is 2. The molecule has 0 N–H and O–H groups in total. The van der Waals surface area contributed by atoms with Crippen LogP contribution in [0.5, 0.6) is 0 Å². The minimum absolute atomic E-state index is 0.217. The zero-order valence-corrected chi connectivity index (χ0v) is 19.8. The summed E-state index contributed by atoms with van der Waals surface area (Å²) in [5.74, 6) is 0.975. The van der Waals surface area contributed by atoms with E-state index in [4.69, 9.17) is 9.72 Å². The number of amides is 1. The van der Waals surface area contributed by atoms with Crippen LogP contribution >= 0.6 is 0 Å². The van der Waals surface area contributed by atoms with E-state index in [1.807, 2.05) is 31.7 Å². The van der Waals surface area contributed by atoms with E-state index >= 15 is 0 Å². The first kappa shape index (κ1) is 22.2. The van der Waals surface area contributed by atoms with Crippen LogP contribution in [0.15, 0.2) is 48.5 Å². The zero-order valence-electron chi connectivity index (χ0n) is 19.8. The fraction of sp³-hybridized carbons (Fsp3) is 0.462. The van der Waals surface area contributed by atoms with Gasteiger partial charge in [-0.3, -0.25) is 0 Å².